The zero-order valence-electron chi connectivity index (χ0n) is 13.6. The summed E-state index contributed by atoms with van der Waals surface area (Å²) in [5.74, 6) is -0.629. The van der Waals surface area contributed by atoms with Crippen molar-refractivity contribution in [3.63, 3.8) is 0 Å². The highest BCUT2D eigenvalue weighted by Crippen LogP contribution is 2.50. The summed E-state index contributed by atoms with van der Waals surface area (Å²) in [5.41, 5.74) is 3.27. The van der Waals surface area contributed by atoms with E-state index in [1.807, 2.05) is 18.2 Å². The molecule has 24 heavy (non-hydrogen) atoms. The van der Waals surface area contributed by atoms with Crippen LogP contribution in [0.15, 0.2) is 36.4 Å². The molecule has 2 heterocycles. The fraction of sp³-hybridized carbons (Fsp3) is 0.316. The lowest BCUT2D eigenvalue weighted by Gasteiger charge is -2.21. The van der Waals surface area contributed by atoms with Gasteiger partial charge in [0, 0.05) is 12.6 Å². The van der Waals surface area contributed by atoms with Crippen LogP contribution in [0.5, 0.6) is 5.75 Å². The molecule has 1 fully saturated rings. The number of para-hydroxylation sites is 1. The Labute approximate surface area is 139 Å². The van der Waals surface area contributed by atoms with Crippen LogP contribution >= 0.6 is 0 Å². The number of hydrogen-bond acceptors (Lipinski definition) is 3. The molecule has 2 aromatic carbocycles. The van der Waals surface area contributed by atoms with Gasteiger partial charge in [-0.3, -0.25) is 4.79 Å². The zero-order valence-corrected chi connectivity index (χ0v) is 13.6. The molecule has 2 aliphatic rings. The van der Waals surface area contributed by atoms with Crippen molar-refractivity contribution < 1.29 is 18.7 Å². The molecule has 0 radical (unpaired) electrons. The van der Waals surface area contributed by atoms with E-state index in [-0.39, 0.29) is 23.9 Å². The van der Waals surface area contributed by atoms with Crippen molar-refractivity contribution in [1.29, 1.82) is 0 Å². The van der Waals surface area contributed by atoms with Gasteiger partial charge >= 0.3 is 0 Å². The zero-order chi connectivity index (χ0) is 16.8. The topological polar surface area (TPSA) is 38.8 Å². The molecule has 5 heteroatoms. The van der Waals surface area contributed by atoms with E-state index in [1.165, 1.54) is 23.6 Å². The Kier molecular flexibility index (Phi) is 3.53. The summed E-state index contributed by atoms with van der Waals surface area (Å²) in [4.78, 5) is 14.3. The fourth-order valence-electron chi connectivity index (χ4n) is 3.64. The number of rotatable bonds is 3. The SMILES string of the molecule is COc1c(F)cccc1N(C)C(=O)c1ccc2c(c1)C1CCC2O1. The van der Waals surface area contributed by atoms with Gasteiger partial charge in [0.05, 0.1) is 25.0 Å². The highest BCUT2D eigenvalue weighted by atomic mass is 19.1. The third-order valence-corrected chi connectivity index (χ3v) is 4.86. The van der Waals surface area contributed by atoms with Crippen molar-refractivity contribution in [2.45, 2.75) is 25.0 Å². The molecule has 0 aliphatic carbocycles. The van der Waals surface area contributed by atoms with Gasteiger partial charge in [-0.15, -0.1) is 0 Å². The van der Waals surface area contributed by atoms with Crippen LogP contribution in [0.3, 0.4) is 0 Å². The third kappa shape index (κ3) is 2.19. The summed E-state index contributed by atoms with van der Waals surface area (Å²) in [6.07, 6.45) is 2.33. The summed E-state index contributed by atoms with van der Waals surface area (Å²) < 4.78 is 24.9. The molecule has 0 saturated carbocycles. The lowest BCUT2D eigenvalue weighted by Crippen LogP contribution is -2.27. The summed E-state index contributed by atoms with van der Waals surface area (Å²) in [6, 6.07) is 10.2. The largest absolute Gasteiger partial charge is 0.492 e. The maximum atomic E-state index is 13.9. The molecule has 4 nitrogen and oxygen atoms in total. The quantitative estimate of drug-likeness (QED) is 0.855. The van der Waals surface area contributed by atoms with Crippen LogP contribution in [-0.4, -0.2) is 20.1 Å². The molecular formula is C19H18FNO3. The van der Waals surface area contributed by atoms with Gasteiger partial charge in [0.15, 0.2) is 11.6 Å². The highest BCUT2D eigenvalue weighted by molar-refractivity contribution is 6.06. The molecule has 124 valence electrons. The molecule has 1 amide bonds. The van der Waals surface area contributed by atoms with Gasteiger partial charge in [0.25, 0.3) is 5.91 Å². The predicted octanol–water partition coefficient (Wildman–Crippen LogP) is 4.02. The van der Waals surface area contributed by atoms with Crippen LogP contribution in [0.1, 0.15) is 46.5 Å². The summed E-state index contributed by atoms with van der Waals surface area (Å²) in [7, 11) is 3.01. The van der Waals surface area contributed by atoms with Crippen LogP contribution in [0.25, 0.3) is 0 Å². The van der Waals surface area contributed by atoms with Crippen molar-refractivity contribution in [3.8, 4) is 5.75 Å². The van der Waals surface area contributed by atoms with E-state index in [2.05, 4.69) is 0 Å². The number of methoxy groups -OCH3 is 1. The Hall–Kier alpha value is -2.40. The maximum Gasteiger partial charge on any atom is 0.258 e. The van der Waals surface area contributed by atoms with Crippen LogP contribution < -0.4 is 9.64 Å². The minimum atomic E-state index is -0.491. The van der Waals surface area contributed by atoms with Gasteiger partial charge in [0.1, 0.15) is 0 Å². The van der Waals surface area contributed by atoms with Crippen molar-refractivity contribution in [2.24, 2.45) is 0 Å². The fourth-order valence-corrected chi connectivity index (χ4v) is 3.64. The van der Waals surface area contributed by atoms with Crippen LogP contribution in [0.4, 0.5) is 10.1 Å². The number of anilines is 1. The smallest absolute Gasteiger partial charge is 0.258 e. The van der Waals surface area contributed by atoms with E-state index in [0.29, 0.717) is 11.3 Å². The minimum absolute atomic E-state index is 0.0666. The summed E-state index contributed by atoms with van der Waals surface area (Å²) in [5, 5.41) is 0. The first kappa shape index (κ1) is 15.1. The first-order valence-corrected chi connectivity index (χ1v) is 8.00. The molecule has 0 aromatic heterocycles. The van der Waals surface area contributed by atoms with Crippen LogP contribution in [-0.2, 0) is 4.74 Å². The van der Waals surface area contributed by atoms with E-state index >= 15 is 0 Å². The van der Waals surface area contributed by atoms with Gasteiger partial charge in [-0.05, 0) is 48.2 Å². The second-order valence-electron chi connectivity index (χ2n) is 6.19. The number of carbonyl (C=O) groups excluding carboxylic acids is 1. The molecule has 0 N–H and O–H groups in total. The van der Waals surface area contributed by atoms with Crippen LogP contribution in [0, 0.1) is 5.82 Å². The van der Waals surface area contributed by atoms with E-state index in [1.54, 1.807) is 19.2 Å². The Morgan fingerprint density at radius 2 is 1.96 bits per heavy atom. The number of halogens is 1. The monoisotopic (exact) mass is 327 g/mol. The second-order valence-corrected chi connectivity index (χ2v) is 6.19. The molecule has 1 saturated heterocycles. The average Bonchev–Trinajstić information content (AvgIpc) is 3.22. The molecule has 2 unspecified atom stereocenters. The van der Waals surface area contributed by atoms with Crippen molar-refractivity contribution >= 4 is 11.6 Å². The highest BCUT2D eigenvalue weighted by Gasteiger charge is 2.38. The number of fused-ring (bicyclic) bond motifs is 5. The van der Waals surface area contributed by atoms with E-state index in [9.17, 15) is 9.18 Å². The molecule has 2 aromatic rings. The Morgan fingerprint density at radius 1 is 1.21 bits per heavy atom. The first-order valence-electron chi connectivity index (χ1n) is 8.00. The summed E-state index contributed by atoms with van der Waals surface area (Å²) >= 11 is 0. The van der Waals surface area contributed by atoms with Gasteiger partial charge in [0.2, 0.25) is 0 Å². The molecule has 2 aliphatic heterocycles. The number of hydrogen-bond donors (Lipinski definition) is 0. The molecule has 2 bridgehead atoms. The molecular weight excluding hydrogens is 309 g/mol. The summed E-state index contributed by atoms with van der Waals surface area (Å²) in [6.45, 7) is 0. The normalized spacial score (nSPS) is 20.8. The van der Waals surface area contributed by atoms with Crippen LogP contribution in [0.2, 0.25) is 0 Å². The van der Waals surface area contributed by atoms with Gasteiger partial charge in [-0.2, -0.15) is 0 Å². The van der Waals surface area contributed by atoms with Crippen molar-refractivity contribution in [2.75, 3.05) is 19.1 Å². The number of ether oxygens (including phenoxy) is 2. The lowest BCUT2D eigenvalue weighted by atomic mass is 9.90. The lowest BCUT2D eigenvalue weighted by molar-refractivity contribution is 0.0716. The number of carbonyl (C=O) groups is 1. The van der Waals surface area contributed by atoms with Gasteiger partial charge < -0.3 is 14.4 Å². The maximum absolute atomic E-state index is 13.9. The van der Waals surface area contributed by atoms with Gasteiger partial charge in [-0.25, -0.2) is 4.39 Å². The van der Waals surface area contributed by atoms with E-state index < -0.39 is 5.82 Å². The minimum Gasteiger partial charge on any atom is -0.492 e. The number of nitrogens with zero attached hydrogens (tertiary/aromatic N) is 1. The van der Waals surface area contributed by atoms with E-state index in [4.69, 9.17) is 9.47 Å². The first-order chi connectivity index (χ1) is 11.6. The predicted molar refractivity (Wildman–Crippen MR) is 87.9 cm³/mol. The second kappa shape index (κ2) is 5.60. The molecule has 2 atom stereocenters. The average molecular weight is 327 g/mol. The molecule has 0 spiro atoms. The third-order valence-electron chi connectivity index (χ3n) is 4.86. The Bertz CT molecular complexity index is 820. The Balaban J connectivity index is 1.67. The Morgan fingerprint density at radius 3 is 2.71 bits per heavy atom. The number of benzene rings is 2. The van der Waals surface area contributed by atoms with E-state index in [0.717, 1.165) is 18.4 Å². The van der Waals surface area contributed by atoms with Gasteiger partial charge in [-0.1, -0.05) is 12.1 Å². The van der Waals surface area contributed by atoms with Crippen molar-refractivity contribution in [3.05, 3.63) is 58.9 Å². The standard InChI is InChI=1S/C19H18FNO3/c1-21(15-5-3-4-14(20)18(15)23-2)19(22)11-6-7-12-13(10-11)17-9-8-16(12)24-17/h3-7,10,16-17H,8-9H2,1-2H3. The number of amides is 1. The van der Waals surface area contributed by atoms with Crippen molar-refractivity contribution in [1.82, 2.24) is 0 Å². The molecule has 4 rings (SSSR count).